The van der Waals surface area contributed by atoms with Crippen molar-refractivity contribution in [2.75, 3.05) is 0 Å². The molecular weight excluding hydrogens is 450 g/mol. The molecule has 0 heterocycles. The number of benzene rings is 4. The van der Waals surface area contributed by atoms with Crippen LogP contribution in [0.4, 0.5) is 26.3 Å². The van der Waals surface area contributed by atoms with Gasteiger partial charge in [0, 0.05) is 16.5 Å². The Labute approximate surface area is 193 Å². The van der Waals surface area contributed by atoms with E-state index in [0.29, 0.717) is 17.5 Å². The van der Waals surface area contributed by atoms with Crippen molar-refractivity contribution in [1.82, 2.24) is 0 Å². The molecule has 0 aliphatic rings. The predicted octanol–water partition coefficient (Wildman–Crippen LogP) is 9.34. The molecule has 0 saturated carbocycles. The number of halogens is 6. The van der Waals surface area contributed by atoms with E-state index in [1.54, 1.807) is 18.2 Å². The zero-order chi connectivity index (χ0) is 24.5. The summed E-state index contributed by atoms with van der Waals surface area (Å²) in [6, 6.07) is 15.1. The first-order valence-electron chi connectivity index (χ1n) is 11.1. The standard InChI is InChI=1S/C28H22F6/c1-2-3-4-5-17-6-10-22-18(14-17)8-12-23(27(22)31)20-7-11-21(25(29)15-20)19-9-13-24(26(30)16-19)28(32,33)34/h6-16H,2-5H2,1H3. The highest BCUT2D eigenvalue weighted by atomic mass is 19.4. The van der Waals surface area contributed by atoms with Crippen LogP contribution in [0.15, 0.2) is 66.7 Å². The van der Waals surface area contributed by atoms with Gasteiger partial charge >= 0.3 is 6.18 Å². The molecule has 0 amide bonds. The van der Waals surface area contributed by atoms with Gasteiger partial charge in [0.2, 0.25) is 0 Å². The Bertz CT molecular complexity index is 1340. The van der Waals surface area contributed by atoms with Gasteiger partial charge in [0.05, 0.1) is 5.56 Å². The Balaban J connectivity index is 1.66. The third-order valence-electron chi connectivity index (χ3n) is 5.95. The quantitative estimate of drug-likeness (QED) is 0.194. The number of rotatable bonds is 6. The van der Waals surface area contributed by atoms with E-state index in [1.165, 1.54) is 12.1 Å². The molecule has 4 aromatic carbocycles. The number of hydrogen-bond acceptors (Lipinski definition) is 0. The van der Waals surface area contributed by atoms with Crippen molar-refractivity contribution in [2.24, 2.45) is 0 Å². The largest absolute Gasteiger partial charge is 0.419 e. The van der Waals surface area contributed by atoms with Crippen molar-refractivity contribution in [2.45, 2.75) is 38.8 Å². The summed E-state index contributed by atoms with van der Waals surface area (Å²) in [5.41, 5.74) is 0.0843. The van der Waals surface area contributed by atoms with Crippen molar-refractivity contribution in [1.29, 1.82) is 0 Å². The van der Waals surface area contributed by atoms with Crippen LogP contribution in [0.2, 0.25) is 0 Å². The molecule has 34 heavy (non-hydrogen) atoms. The molecule has 0 fully saturated rings. The summed E-state index contributed by atoms with van der Waals surface area (Å²) in [5, 5.41) is 1.18. The Morgan fingerprint density at radius 3 is 2.03 bits per heavy atom. The first-order valence-corrected chi connectivity index (χ1v) is 11.1. The minimum atomic E-state index is -4.84. The SMILES string of the molecule is CCCCCc1ccc2c(F)c(-c3ccc(-c4ccc(C(F)(F)F)c(F)c4)c(F)c3)ccc2c1. The summed E-state index contributed by atoms with van der Waals surface area (Å²) >= 11 is 0. The number of alkyl halides is 3. The van der Waals surface area contributed by atoms with Gasteiger partial charge in [0.1, 0.15) is 17.5 Å². The molecule has 0 aliphatic carbocycles. The maximum absolute atomic E-state index is 15.3. The first kappa shape index (κ1) is 23.9. The van der Waals surface area contributed by atoms with Gasteiger partial charge < -0.3 is 0 Å². The minimum absolute atomic E-state index is 0.0378. The zero-order valence-electron chi connectivity index (χ0n) is 18.4. The lowest BCUT2D eigenvalue weighted by molar-refractivity contribution is -0.139. The molecule has 0 bridgehead atoms. The van der Waals surface area contributed by atoms with E-state index in [2.05, 4.69) is 6.92 Å². The highest BCUT2D eigenvalue weighted by molar-refractivity contribution is 5.89. The van der Waals surface area contributed by atoms with Crippen LogP contribution in [0.25, 0.3) is 33.0 Å². The van der Waals surface area contributed by atoms with E-state index in [9.17, 15) is 22.0 Å². The fourth-order valence-corrected chi connectivity index (χ4v) is 4.13. The van der Waals surface area contributed by atoms with Gasteiger partial charge in [-0.25, -0.2) is 13.2 Å². The molecule has 0 unspecified atom stereocenters. The predicted molar refractivity (Wildman–Crippen MR) is 123 cm³/mol. The molecule has 0 N–H and O–H groups in total. The van der Waals surface area contributed by atoms with Gasteiger partial charge in [-0.3, -0.25) is 0 Å². The molecule has 176 valence electrons. The summed E-state index contributed by atoms with van der Waals surface area (Å²) in [5.74, 6) is -2.75. The van der Waals surface area contributed by atoms with Crippen molar-refractivity contribution in [3.05, 3.63) is 95.3 Å². The van der Waals surface area contributed by atoms with Crippen LogP contribution in [0.5, 0.6) is 0 Å². The van der Waals surface area contributed by atoms with Crippen LogP contribution in [0, 0.1) is 17.5 Å². The number of hydrogen-bond donors (Lipinski definition) is 0. The Kier molecular flexibility index (Phi) is 6.69. The van der Waals surface area contributed by atoms with Crippen LogP contribution in [0.3, 0.4) is 0 Å². The van der Waals surface area contributed by atoms with Gasteiger partial charge in [-0.2, -0.15) is 13.2 Å². The Morgan fingerprint density at radius 1 is 0.676 bits per heavy atom. The highest BCUT2D eigenvalue weighted by Crippen LogP contribution is 2.36. The van der Waals surface area contributed by atoms with Gasteiger partial charge in [0.25, 0.3) is 0 Å². The lowest BCUT2D eigenvalue weighted by Gasteiger charge is -2.12. The molecule has 4 aromatic rings. The molecule has 4 rings (SSSR count). The second-order valence-electron chi connectivity index (χ2n) is 8.33. The average Bonchev–Trinajstić information content (AvgIpc) is 2.78. The van der Waals surface area contributed by atoms with Gasteiger partial charge in [-0.1, -0.05) is 68.3 Å². The maximum atomic E-state index is 15.3. The monoisotopic (exact) mass is 472 g/mol. The van der Waals surface area contributed by atoms with E-state index in [-0.39, 0.29) is 22.3 Å². The van der Waals surface area contributed by atoms with Crippen LogP contribution < -0.4 is 0 Å². The maximum Gasteiger partial charge on any atom is 0.419 e. The molecule has 0 radical (unpaired) electrons. The zero-order valence-corrected chi connectivity index (χ0v) is 18.4. The van der Waals surface area contributed by atoms with Crippen LogP contribution in [-0.4, -0.2) is 0 Å². The van der Waals surface area contributed by atoms with Crippen LogP contribution in [0.1, 0.15) is 37.3 Å². The number of fused-ring (bicyclic) bond motifs is 1. The molecule has 0 aliphatic heterocycles. The summed E-state index contributed by atoms with van der Waals surface area (Å²) in [6.07, 6.45) is -0.600. The smallest absolute Gasteiger partial charge is 0.206 e. The van der Waals surface area contributed by atoms with Crippen molar-refractivity contribution >= 4 is 10.8 Å². The van der Waals surface area contributed by atoms with Crippen molar-refractivity contribution in [3.63, 3.8) is 0 Å². The minimum Gasteiger partial charge on any atom is -0.206 e. The third kappa shape index (κ3) is 4.81. The second kappa shape index (κ2) is 9.53. The highest BCUT2D eigenvalue weighted by Gasteiger charge is 2.34. The number of aryl methyl sites for hydroxylation is 1. The van der Waals surface area contributed by atoms with Crippen LogP contribution >= 0.6 is 0 Å². The summed E-state index contributed by atoms with van der Waals surface area (Å²) in [6.45, 7) is 2.13. The van der Waals surface area contributed by atoms with Crippen molar-refractivity contribution in [3.8, 4) is 22.3 Å². The van der Waals surface area contributed by atoms with E-state index in [1.807, 2.05) is 12.1 Å². The second-order valence-corrected chi connectivity index (χ2v) is 8.33. The molecule has 0 spiro atoms. The molecular formula is C28H22F6. The van der Waals surface area contributed by atoms with E-state index in [4.69, 9.17) is 0 Å². The topological polar surface area (TPSA) is 0 Å². The van der Waals surface area contributed by atoms with E-state index >= 15 is 4.39 Å². The molecule has 0 nitrogen and oxygen atoms in total. The van der Waals surface area contributed by atoms with Crippen LogP contribution in [-0.2, 0) is 12.6 Å². The van der Waals surface area contributed by atoms with E-state index in [0.717, 1.165) is 48.8 Å². The summed E-state index contributed by atoms with van der Waals surface area (Å²) in [4.78, 5) is 0. The first-order chi connectivity index (χ1) is 16.2. The summed E-state index contributed by atoms with van der Waals surface area (Å²) in [7, 11) is 0. The molecule has 0 saturated heterocycles. The molecule has 0 aromatic heterocycles. The lowest BCUT2D eigenvalue weighted by Crippen LogP contribution is -2.07. The molecule has 6 heteroatoms. The lowest BCUT2D eigenvalue weighted by atomic mass is 9.95. The van der Waals surface area contributed by atoms with Gasteiger partial charge in [0.15, 0.2) is 0 Å². The Hall–Kier alpha value is -3.28. The normalized spacial score (nSPS) is 11.9. The average molecular weight is 472 g/mol. The fraction of sp³-hybridized carbons (Fsp3) is 0.214. The van der Waals surface area contributed by atoms with Gasteiger partial charge in [-0.05, 0) is 53.1 Å². The number of unbranched alkanes of at least 4 members (excludes halogenated alkanes) is 2. The Morgan fingerprint density at radius 2 is 1.35 bits per heavy atom. The van der Waals surface area contributed by atoms with E-state index < -0.39 is 29.2 Å². The molecule has 0 atom stereocenters. The summed E-state index contributed by atoms with van der Waals surface area (Å²) < 4.78 is 82.5. The third-order valence-corrected chi connectivity index (χ3v) is 5.95. The van der Waals surface area contributed by atoms with Gasteiger partial charge in [-0.15, -0.1) is 0 Å². The van der Waals surface area contributed by atoms with Crippen molar-refractivity contribution < 1.29 is 26.3 Å². The fourth-order valence-electron chi connectivity index (χ4n) is 4.13.